The maximum Gasteiger partial charge on any atom is 0.309 e. The standard InChI is InChI=1S/C17H22O4S/c1-22-12-21-17(19)15-9-7-14(8-10-15)16(18)20-11-13-5-3-2-4-6-13/h2-6,14-15H,7-12H2,1H3. The van der Waals surface area contributed by atoms with Gasteiger partial charge in [0, 0.05) is 0 Å². The van der Waals surface area contributed by atoms with Crippen LogP contribution in [0.1, 0.15) is 31.2 Å². The Morgan fingerprint density at radius 2 is 1.55 bits per heavy atom. The first-order valence-corrected chi connectivity index (χ1v) is 8.96. The van der Waals surface area contributed by atoms with E-state index in [1.54, 1.807) is 0 Å². The fourth-order valence-corrected chi connectivity index (χ4v) is 2.88. The minimum Gasteiger partial charge on any atom is -0.461 e. The van der Waals surface area contributed by atoms with Crippen LogP contribution in [0, 0.1) is 11.8 Å². The average molecular weight is 322 g/mol. The van der Waals surface area contributed by atoms with Crippen LogP contribution in [0.4, 0.5) is 0 Å². The molecule has 0 aromatic heterocycles. The minimum atomic E-state index is -0.153. The number of rotatable bonds is 6. The number of esters is 2. The van der Waals surface area contributed by atoms with Crippen LogP contribution in [0.25, 0.3) is 0 Å². The monoisotopic (exact) mass is 322 g/mol. The molecule has 5 heteroatoms. The molecule has 22 heavy (non-hydrogen) atoms. The summed E-state index contributed by atoms with van der Waals surface area (Å²) in [4.78, 5) is 23.9. The van der Waals surface area contributed by atoms with Crippen LogP contribution in [-0.4, -0.2) is 24.1 Å². The van der Waals surface area contributed by atoms with Crippen molar-refractivity contribution in [3.63, 3.8) is 0 Å². The van der Waals surface area contributed by atoms with Gasteiger partial charge >= 0.3 is 11.9 Å². The molecule has 0 bridgehead atoms. The van der Waals surface area contributed by atoms with Crippen LogP contribution in [0.5, 0.6) is 0 Å². The molecule has 1 aliphatic rings. The number of thioether (sulfide) groups is 1. The predicted molar refractivity (Wildman–Crippen MR) is 86.2 cm³/mol. The molecule has 1 aliphatic carbocycles. The van der Waals surface area contributed by atoms with Crippen LogP contribution in [0.15, 0.2) is 30.3 Å². The first-order valence-electron chi connectivity index (χ1n) is 7.57. The summed E-state index contributed by atoms with van der Waals surface area (Å²) in [5, 5.41) is 0. The Hall–Kier alpha value is -1.49. The van der Waals surface area contributed by atoms with Crippen LogP contribution in [0.2, 0.25) is 0 Å². The van der Waals surface area contributed by atoms with Crippen molar-refractivity contribution in [2.45, 2.75) is 32.3 Å². The molecule has 0 spiro atoms. The van der Waals surface area contributed by atoms with Gasteiger partial charge in [-0.3, -0.25) is 9.59 Å². The van der Waals surface area contributed by atoms with Crippen molar-refractivity contribution in [1.82, 2.24) is 0 Å². The van der Waals surface area contributed by atoms with Crippen LogP contribution in [-0.2, 0) is 25.7 Å². The summed E-state index contributed by atoms with van der Waals surface area (Å²) in [7, 11) is 0. The van der Waals surface area contributed by atoms with Gasteiger partial charge in [0.15, 0.2) is 0 Å². The lowest BCUT2D eigenvalue weighted by Gasteiger charge is -2.25. The Morgan fingerprint density at radius 1 is 1.00 bits per heavy atom. The van der Waals surface area contributed by atoms with E-state index in [9.17, 15) is 9.59 Å². The molecular formula is C17H22O4S. The molecule has 1 saturated carbocycles. The number of carbonyl (C=O) groups excluding carboxylic acids is 2. The molecule has 1 aromatic carbocycles. The van der Waals surface area contributed by atoms with Gasteiger partial charge in [-0.15, -0.1) is 11.8 Å². The van der Waals surface area contributed by atoms with E-state index in [2.05, 4.69) is 0 Å². The molecular weight excluding hydrogens is 300 g/mol. The molecule has 0 radical (unpaired) electrons. The second-order valence-corrected chi connectivity index (χ2v) is 6.32. The predicted octanol–water partition coefficient (Wildman–Crippen LogP) is 3.40. The zero-order valence-electron chi connectivity index (χ0n) is 12.8. The van der Waals surface area contributed by atoms with Crippen molar-refractivity contribution in [2.75, 3.05) is 12.2 Å². The number of ether oxygens (including phenoxy) is 2. The van der Waals surface area contributed by atoms with Crippen LogP contribution in [0.3, 0.4) is 0 Å². The summed E-state index contributed by atoms with van der Waals surface area (Å²) in [6, 6.07) is 9.66. The molecule has 0 atom stereocenters. The number of carbonyl (C=O) groups is 2. The Labute approximate surface area is 135 Å². The quantitative estimate of drug-likeness (QED) is 0.593. The van der Waals surface area contributed by atoms with E-state index in [1.165, 1.54) is 11.8 Å². The first-order chi connectivity index (χ1) is 10.7. The topological polar surface area (TPSA) is 52.6 Å². The van der Waals surface area contributed by atoms with E-state index in [-0.39, 0.29) is 23.8 Å². The highest BCUT2D eigenvalue weighted by Crippen LogP contribution is 2.30. The summed E-state index contributed by atoms with van der Waals surface area (Å²) >= 11 is 1.49. The number of benzene rings is 1. The molecule has 2 rings (SSSR count). The number of hydrogen-bond acceptors (Lipinski definition) is 5. The summed E-state index contributed by atoms with van der Waals surface area (Å²) in [6.45, 7) is 0.315. The summed E-state index contributed by atoms with van der Waals surface area (Å²) in [6.07, 6.45) is 4.71. The highest BCUT2D eigenvalue weighted by Gasteiger charge is 2.31. The third-order valence-corrected chi connectivity index (χ3v) is 4.29. The smallest absolute Gasteiger partial charge is 0.309 e. The van der Waals surface area contributed by atoms with Crippen molar-refractivity contribution < 1.29 is 19.1 Å². The maximum absolute atomic E-state index is 12.1. The average Bonchev–Trinajstić information content (AvgIpc) is 2.58. The molecule has 0 saturated heterocycles. The van der Waals surface area contributed by atoms with Crippen molar-refractivity contribution in [2.24, 2.45) is 11.8 Å². The molecule has 4 nitrogen and oxygen atoms in total. The van der Waals surface area contributed by atoms with Gasteiger partial charge in [-0.1, -0.05) is 30.3 Å². The normalized spacial score (nSPS) is 21.1. The van der Waals surface area contributed by atoms with E-state index < -0.39 is 0 Å². The van der Waals surface area contributed by atoms with E-state index in [0.29, 0.717) is 38.2 Å². The second-order valence-electron chi connectivity index (χ2n) is 5.51. The van der Waals surface area contributed by atoms with Gasteiger partial charge in [0.25, 0.3) is 0 Å². The molecule has 0 aliphatic heterocycles. The molecule has 1 fully saturated rings. The van der Waals surface area contributed by atoms with Gasteiger partial charge in [0.05, 0.1) is 11.8 Å². The zero-order chi connectivity index (χ0) is 15.8. The highest BCUT2D eigenvalue weighted by atomic mass is 32.2. The van der Waals surface area contributed by atoms with Gasteiger partial charge in [-0.25, -0.2) is 0 Å². The summed E-state index contributed by atoms with van der Waals surface area (Å²) < 4.78 is 10.5. The first kappa shape index (κ1) is 16.9. The van der Waals surface area contributed by atoms with Crippen molar-refractivity contribution in [3.05, 3.63) is 35.9 Å². The highest BCUT2D eigenvalue weighted by molar-refractivity contribution is 7.98. The van der Waals surface area contributed by atoms with Crippen LogP contribution < -0.4 is 0 Å². The molecule has 120 valence electrons. The summed E-state index contributed by atoms with van der Waals surface area (Å²) in [5.41, 5.74) is 0.991. The molecule has 0 N–H and O–H groups in total. The van der Waals surface area contributed by atoms with Crippen molar-refractivity contribution >= 4 is 23.7 Å². The van der Waals surface area contributed by atoms with Crippen LogP contribution >= 0.6 is 11.8 Å². The maximum atomic E-state index is 12.1. The Morgan fingerprint density at radius 3 is 2.09 bits per heavy atom. The van der Waals surface area contributed by atoms with E-state index in [1.807, 2.05) is 36.6 Å². The van der Waals surface area contributed by atoms with Gasteiger partial charge in [0.1, 0.15) is 12.5 Å². The third-order valence-electron chi connectivity index (χ3n) is 3.94. The lowest BCUT2D eigenvalue weighted by molar-refractivity contribution is -0.155. The Kier molecular flexibility index (Phi) is 6.77. The minimum absolute atomic E-state index is 0.0645. The molecule has 0 amide bonds. The van der Waals surface area contributed by atoms with E-state index in [0.717, 1.165) is 5.56 Å². The number of hydrogen-bond donors (Lipinski definition) is 0. The third kappa shape index (κ3) is 5.05. The van der Waals surface area contributed by atoms with Gasteiger partial charge in [-0.2, -0.15) is 0 Å². The lowest BCUT2D eigenvalue weighted by atomic mass is 9.82. The second kappa shape index (κ2) is 8.83. The Bertz CT molecular complexity index is 481. The van der Waals surface area contributed by atoms with Gasteiger partial charge in [0.2, 0.25) is 0 Å². The van der Waals surface area contributed by atoms with Gasteiger partial charge in [-0.05, 0) is 37.5 Å². The van der Waals surface area contributed by atoms with Gasteiger partial charge < -0.3 is 9.47 Å². The Balaban J connectivity index is 1.72. The van der Waals surface area contributed by atoms with E-state index >= 15 is 0 Å². The molecule has 0 heterocycles. The zero-order valence-corrected chi connectivity index (χ0v) is 13.6. The summed E-state index contributed by atoms with van der Waals surface area (Å²) in [5.74, 6) is -0.0402. The molecule has 1 aromatic rings. The SMILES string of the molecule is CSCOC(=O)C1CCC(C(=O)OCc2ccccc2)CC1. The lowest BCUT2D eigenvalue weighted by Crippen LogP contribution is -2.28. The largest absolute Gasteiger partial charge is 0.461 e. The fraction of sp³-hybridized carbons (Fsp3) is 0.529. The fourth-order valence-electron chi connectivity index (χ4n) is 2.65. The van der Waals surface area contributed by atoms with E-state index in [4.69, 9.17) is 9.47 Å². The molecule has 0 unspecified atom stereocenters. The van der Waals surface area contributed by atoms with Crippen molar-refractivity contribution in [1.29, 1.82) is 0 Å². The van der Waals surface area contributed by atoms with Crippen molar-refractivity contribution in [3.8, 4) is 0 Å².